The third-order valence-electron chi connectivity index (χ3n) is 6.22. The molecule has 2 aromatic rings. The Hall–Kier alpha value is -3.54. The van der Waals surface area contributed by atoms with Crippen LogP contribution in [0.2, 0.25) is 0 Å². The van der Waals surface area contributed by atoms with E-state index in [1.54, 1.807) is 6.07 Å². The zero-order chi connectivity index (χ0) is 26.7. The van der Waals surface area contributed by atoms with Crippen LogP contribution in [0.1, 0.15) is 35.2 Å². The van der Waals surface area contributed by atoms with Crippen molar-refractivity contribution in [2.45, 2.75) is 56.5 Å². The summed E-state index contributed by atoms with van der Waals surface area (Å²) in [6, 6.07) is 9.33. The average Bonchev–Trinajstić information content (AvgIpc) is 2.79. The molecule has 0 spiro atoms. The zero-order valence-electron chi connectivity index (χ0n) is 19.6. The Kier molecular flexibility index (Phi) is 7.76. The fraction of sp³-hybridized carbons (Fsp3) is 0.440. The molecule has 1 aliphatic heterocycles. The minimum absolute atomic E-state index is 0.0599. The summed E-state index contributed by atoms with van der Waals surface area (Å²) in [5.41, 5.74) is 5.95. The van der Waals surface area contributed by atoms with Crippen molar-refractivity contribution in [3.63, 3.8) is 0 Å². The fourth-order valence-corrected chi connectivity index (χ4v) is 4.20. The van der Waals surface area contributed by atoms with Crippen LogP contribution in [-0.2, 0) is 11.2 Å². The van der Waals surface area contributed by atoms with Crippen LogP contribution in [0.4, 0.5) is 17.6 Å². The minimum atomic E-state index is -4.81. The molecular formula is C25H26F4N2O6. The molecule has 4 rings (SSSR count). The highest BCUT2D eigenvalue weighted by molar-refractivity contribution is 5.95. The Bertz CT molecular complexity index is 1120. The Morgan fingerprint density at radius 2 is 1.73 bits per heavy atom. The van der Waals surface area contributed by atoms with E-state index < -0.39 is 36.4 Å². The van der Waals surface area contributed by atoms with E-state index in [2.05, 4.69) is 4.74 Å². The highest BCUT2D eigenvalue weighted by Gasteiger charge is 2.35. The molecule has 2 aliphatic rings. The number of aliphatic hydroxyl groups is 1. The van der Waals surface area contributed by atoms with Gasteiger partial charge >= 0.3 is 6.36 Å². The molecule has 0 bridgehead atoms. The number of carbonyl (C=O) groups excluding carboxylic acids is 2. The van der Waals surface area contributed by atoms with Gasteiger partial charge < -0.3 is 30.0 Å². The molecule has 0 unspecified atom stereocenters. The Labute approximate surface area is 209 Å². The zero-order valence-corrected chi connectivity index (χ0v) is 19.6. The van der Waals surface area contributed by atoms with Gasteiger partial charge in [0.1, 0.15) is 29.5 Å². The first-order chi connectivity index (χ1) is 17.5. The molecule has 2 amide bonds. The van der Waals surface area contributed by atoms with Gasteiger partial charge in [-0.3, -0.25) is 9.59 Å². The van der Waals surface area contributed by atoms with Crippen LogP contribution < -0.4 is 19.9 Å². The second kappa shape index (κ2) is 10.8. The van der Waals surface area contributed by atoms with Crippen LogP contribution in [0, 0.1) is 0 Å². The number of alkyl halides is 4. The summed E-state index contributed by atoms with van der Waals surface area (Å²) in [6.45, 7) is -0.0674. The number of nitrogens with two attached hydrogens (primary N) is 1. The predicted octanol–water partition coefficient (Wildman–Crippen LogP) is 3.15. The van der Waals surface area contributed by atoms with Crippen molar-refractivity contribution in [3.8, 4) is 17.2 Å². The van der Waals surface area contributed by atoms with Crippen molar-refractivity contribution in [3.05, 3.63) is 53.6 Å². The molecule has 2 atom stereocenters. The first-order valence-corrected chi connectivity index (χ1v) is 11.7. The quantitative estimate of drug-likeness (QED) is 0.512. The van der Waals surface area contributed by atoms with E-state index >= 15 is 4.39 Å². The van der Waals surface area contributed by atoms with E-state index in [0.29, 0.717) is 24.2 Å². The molecule has 200 valence electrons. The van der Waals surface area contributed by atoms with Gasteiger partial charge in [0, 0.05) is 31.9 Å². The summed E-state index contributed by atoms with van der Waals surface area (Å²) in [5, 5.41) is 9.43. The highest BCUT2D eigenvalue weighted by Crippen LogP contribution is 2.32. The SMILES string of the molecule is NC(=O)c1ccc(O[C@H]2C[C@H](O)C2)cc1O[C@@H]1CCN(C(=O)Cc2ccc(OC(F)(F)F)cc2)C[C@@H]1F. The number of nitrogens with zero attached hydrogens (tertiary/aromatic N) is 1. The molecule has 0 radical (unpaired) electrons. The highest BCUT2D eigenvalue weighted by atomic mass is 19.4. The van der Waals surface area contributed by atoms with Crippen molar-refractivity contribution < 1.29 is 46.5 Å². The Morgan fingerprint density at radius 3 is 2.32 bits per heavy atom. The smallest absolute Gasteiger partial charge is 0.490 e. The standard InChI is InChI=1S/C25H26F4N2O6/c26-20-13-31(23(33)9-14-1-3-16(4-2-14)37-25(27,28)29)8-7-21(20)36-22-12-17(5-6-19(22)24(30)34)35-18-10-15(32)11-18/h1-6,12,15,18,20-21,32H,7-11,13H2,(H2,30,34)/t15-,18-,20-,21+/m0/s1. The number of halogens is 4. The molecule has 8 nitrogen and oxygen atoms in total. The van der Waals surface area contributed by atoms with Gasteiger partial charge in [-0.05, 0) is 29.8 Å². The van der Waals surface area contributed by atoms with Crippen LogP contribution in [0.3, 0.4) is 0 Å². The van der Waals surface area contributed by atoms with E-state index in [0.717, 1.165) is 12.1 Å². The molecular weight excluding hydrogens is 500 g/mol. The van der Waals surface area contributed by atoms with Gasteiger partial charge in [-0.1, -0.05) is 12.1 Å². The summed E-state index contributed by atoms with van der Waals surface area (Å²) < 4.78 is 67.3. The van der Waals surface area contributed by atoms with E-state index in [1.807, 2.05) is 0 Å². The van der Waals surface area contributed by atoms with Gasteiger partial charge in [-0.15, -0.1) is 13.2 Å². The van der Waals surface area contributed by atoms with Crippen molar-refractivity contribution in [1.29, 1.82) is 0 Å². The number of hydrogen-bond acceptors (Lipinski definition) is 6. The number of carbonyl (C=O) groups is 2. The first-order valence-electron chi connectivity index (χ1n) is 11.7. The van der Waals surface area contributed by atoms with Crippen molar-refractivity contribution >= 4 is 11.8 Å². The second-order valence-electron chi connectivity index (χ2n) is 9.06. The summed E-state index contributed by atoms with van der Waals surface area (Å²) >= 11 is 0. The molecule has 1 saturated carbocycles. The maximum atomic E-state index is 15.0. The lowest BCUT2D eigenvalue weighted by Crippen LogP contribution is -2.49. The lowest BCUT2D eigenvalue weighted by Gasteiger charge is -2.35. The van der Waals surface area contributed by atoms with Crippen LogP contribution >= 0.6 is 0 Å². The molecule has 2 aromatic carbocycles. The van der Waals surface area contributed by atoms with Crippen molar-refractivity contribution in [2.75, 3.05) is 13.1 Å². The summed E-state index contributed by atoms with van der Waals surface area (Å²) in [5.74, 6) is -1.08. The molecule has 12 heteroatoms. The summed E-state index contributed by atoms with van der Waals surface area (Å²) in [7, 11) is 0. The van der Waals surface area contributed by atoms with Gasteiger partial charge in [-0.25, -0.2) is 4.39 Å². The van der Waals surface area contributed by atoms with E-state index in [-0.39, 0.29) is 49.3 Å². The first kappa shape index (κ1) is 26.5. The fourth-order valence-electron chi connectivity index (χ4n) is 4.20. The van der Waals surface area contributed by atoms with E-state index in [9.17, 15) is 27.9 Å². The number of likely N-dealkylation sites (tertiary alicyclic amines) is 1. The van der Waals surface area contributed by atoms with E-state index in [4.69, 9.17) is 15.2 Å². The lowest BCUT2D eigenvalue weighted by atomic mass is 9.92. The van der Waals surface area contributed by atoms with Gasteiger partial charge in [0.05, 0.1) is 24.6 Å². The predicted molar refractivity (Wildman–Crippen MR) is 122 cm³/mol. The van der Waals surface area contributed by atoms with Crippen LogP contribution in [0.15, 0.2) is 42.5 Å². The number of ether oxygens (including phenoxy) is 3. The molecule has 3 N–H and O–H groups in total. The molecule has 1 saturated heterocycles. The largest absolute Gasteiger partial charge is 0.573 e. The number of piperidine rings is 1. The third kappa shape index (κ3) is 7.03. The van der Waals surface area contributed by atoms with Crippen LogP contribution in [0.25, 0.3) is 0 Å². The number of amides is 2. The van der Waals surface area contributed by atoms with Gasteiger partial charge in [0.2, 0.25) is 5.91 Å². The van der Waals surface area contributed by atoms with Gasteiger partial charge in [0.15, 0.2) is 6.17 Å². The Balaban J connectivity index is 1.34. The topological polar surface area (TPSA) is 111 Å². The Morgan fingerprint density at radius 1 is 1.05 bits per heavy atom. The molecule has 2 fully saturated rings. The monoisotopic (exact) mass is 526 g/mol. The molecule has 0 aromatic heterocycles. The average molecular weight is 526 g/mol. The normalized spacial score (nSPS) is 23.6. The maximum Gasteiger partial charge on any atom is 0.573 e. The van der Waals surface area contributed by atoms with Gasteiger partial charge in [-0.2, -0.15) is 0 Å². The minimum Gasteiger partial charge on any atom is -0.490 e. The van der Waals surface area contributed by atoms with Crippen LogP contribution in [-0.4, -0.2) is 65.8 Å². The lowest BCUT2D eigenvalue weighted by molar-refractivity contribution is -0.274. The molecule has 37 heavy (non-hydrogen) atoms. The molecule has 1 aliphatic carbocycles. The number of aliphatic hydroxyl groups excluding tert-OH is 1. The third-order valence-corrected chi connectivity index (χ3v) is 6.22. The maximum absolute atomic E-state index is 15.0. The van der Waals surface area contributed by atoms with Gasteiger partial charge in [0.25, 0.3) is 5.91 Å². The van der Waals surface area contributed by atoms with Crippen molar-refractivity contribution in [2.24, 2.45) is 5.73 Å². The summed E-state index contributed by atoms with van der Waals surface area (Å²) in [4.78, 5) is 25.8. The summed E-state index contributed by atoms with van der Waals surface area (Å²) in [6.07, 6.45) is -6.90. The number of rotatable bonds is 8. The number of benzene rings is 2. The molecule has 1 heterocycles. The number of hydrogen-bond donors (Lipinski definition) is 2. The van der Waals surface area contributed by atoms with Crippen LogP contribution in [0.5, 0.6) is 17.2 Å². The number of primary amides is 1. The van der Waals surface area contributed by atoms with Crippen molar-refractivity contribution in [1.82, 2.24) is 4.90 Å². The van der Waals surface area contributed by atoms with E-state index in [1.165, 1.54) is 29.2 Å². The second-order valence-corrected chi connectivity index (χ2v) is 9.06.